The van der Waals surface area contributed by atoms with Gasteiger partial charge in [-0.3, -0.25) is 0 Å². The average molecular weight is 153 g/mol. The first-order valence-corrected chi connectivity index (χ1v) is 2.56. The van der Waals surface area contributed by atoms with Crippen LogP contribution in [-0.4, -0.2) is 17.3 Å². The van der Waals surface area contributed by atoms with Gasteiger partial charge in [0, 0.05) is 0 Å². The number of carbonyl (C=O) groups is 1. The Labute approximate surface area is 82.0 Å². The van der Waals surface area contributed by atoms with Gasteiger partial charge in [0.25, 0.3) is 0 Å². The van der Waals surface area contributed by atoms with Crippen LogP contribution in [-0.2, 0) is 9.53 Å². The fourth-order valence-corrected chi connectivity index (χ4v) is 0.621. The number of hydrogen-bond donors (Lipinski definition) is 2. The van der Waals surface area contributed by atoms with Gasteiger partial charge in [0.15, 0.2) is 11.9 Å². The Morgan fingerprint density at radius 1 is 1.90 bits per heavy atom. The summed E-state index contributed by atoms with van der Waals surface area (Å²) in [5.74, 6) is -0.509. The molecule has 0 aromatic carbocycles. The molecule has 1 atom stereocenters. The van der Waals surface area contributed by atoms with Crippen LogP contribution in [0.25, 0.3) is 0 Å². The molecule has 1 aliphatic heterocycles. The maximum Gasteiger partial charge on any atom is 1.00 e. The van der Waals surface area contributed by atoms with Gasteiger partial charge in [-0.2, -0.15) is 0 Å². The predicted octanol–water partition coefficient (Wildman–Crippen LogP) is -3.01. The fraction of sp³-hybridized carbons (Fsp3) is 0.400. The molecule has 1 rings (SSSR count). The summed E-state index contributed by atoms with van der Waals surface area (Å²) in [6, 6.07) is 0. The van der Waals surface area contributed by atoms with Crippen LogP contribution in [0.3, 0.4) is 0 Å². The number of rotatable bonds is 0. The Morgan fingerprint density at radius 2 is 2.50 bits per heavy atom. The molecule has 0 amide bonds. The molecule has 1 unspecified atom stereocenters. The van der Waals surface area contributed by atoms with E-state index in [2.05, 4.69) is 10.1 Å². The van der Waals surface area contributed by atoms with Gasteiger partial charge in [-0.1, -0.05) is 0 Å². The van der Waals surface area contributed by atoms with E-state index in [1.54, 1.807) is 6.92 Å². The van der Waals surface area contributed by atoms with E-state index in [4.69, 9.17) is 5.11 Å². The molecule has 4 nitrogen and oxygen atoms in total. The van der Waals surface area contributed by atoms with Gasteiger partial charge in [0.05, 0.1) is 0 Å². The number of ether oxygens (including phenoxy) is 1. The minimum absolute atomic E-state index is 0. The van der Waals surface area contributed by atoms with E-state index in [9.17, 15) is 4.79 Å². The van der Waals surface area contributed by atoms with Gasteiger partial charge in [-0.15, -0.1) is 0 Å². The van der Waals surface area contributed by atoms with Crippen molar-refractivity contribution in [3.05, 3.63) is 12.0 Å². The molecule has 0 bridgehead atoms. The topological polar surface area (TPSA) is 58.6 Å². The first kappa shape index (κ1) is 9.81. The van der Waals surface area contributed by atoms with Crippen molar-refractivity contribution in [1.82, 2.24) is 5.32 Å². The SMILES string of the molecule is CC1N/C(=C/O)C(=O)O1.[H-].[Na+]. The maximum atomic E-state index is 10.5. The van der Waals surface area contributed by atoms with Crippen LogP contribution >= 0.6 is 0 Å². The van der Waals surface area contributed by atoms with Crippen LogP contribution in [0.1, 0.15) is 8.35 Å². The molecule has 5 heteroatoms. The zero-order chi connectivity index (χ0) is 6.85. The van der Waals surface area contributed by atoms with Gasteiger partial charge in [0.1, 0.15) is 6.26 Å². The summed E-state index contributed by atoms with van der Waals surface area (Å²) in [6.45, 7) is 1.68. The van der Waals surface area contributed by atoms with E-state index in [-0.39, 0.29) is 42.9 Å². The summed E-state index contributed by atoms with van der Waals surface area (Å²) >= 11 is 0. The molecule has 2 N–H and O–H groups in total. The van der Waals surface area contributed by atoms with Crippen molar-refractivity contribution in [3.8, 4) is 0 Å². The van der Waals surface area contributed by atoms with E-state index in [1.165, 1.54) is 0 Å². The number of hydrogen-bond acceptors (Lipinski definition) is 4. The number of aliphatic hydroxyl groups is 1. The van der Waals surface area contributed by atoms with Crippen molar-refractivity contribution in [2.24, 2.45) is 0 Å². The van der Waals surface area contributed by atoms with E-state index < -0.39 is 5.97 Å². The molecule has 0 radical (unpaired) electrons. The van der Waals surface area contributed by atoms with E-state index in [0.29, 0.717) is 6.26 Å². The first-order valence-electron chi connectivity index (χ1n) is 2.56. The predicted molar refractivity (Wildman–Crippen MR) is 30.5 cm³/mol. The summed E-state index contributed by atoms with van der Waals surface area (Å²) in [4.78, 5) is 10.5. The van der Waals surface area contributed by atoms with Crippen molar-refractivity contribution in [2.75, 3.05) is 0 Å². The Hall–Kier alpha value is -0.190. The van der Waals surface area contributed by atoms with Crippen molar-refractivity contribution in [1.29, 1.82) is 0 Å². The number of nitrogens with one attached hydrogen (secondary N) is 1. The van der Waals surface area contributed by atoms with Crippen molar-refractivity contribution in [3.63, 3.8) is 0 Å². The summed E-state index contributed by atoms with van der Waals surface area (Å²) < 4.78 is 4.59. The van der Waals surface area contributed by atoms with Crippen molar-refractivity contribution >= 4 is 5.97 Å². The molecular formula is C5H8NNaO3. The second-order valence-electron chi connectivity index (χ2n) is 1.73. The molecule has 52 valence electrons. The van der Waals surface area contributed by atoms with Crippen LogP contribution < -0.4 is 34.9 Å². The molecule has 1 heterocycles. The summed E-state index contributed by atoms with van der Waals surface area (Å²) in [7, 11) is 0. The largest absolute Gasteiger partial charge is 1.00 e. The van der Waals surface area contributed by atoms with Crippen LogP contribution in [0.4, 0.5) is 0 Å². The summed E-state index contributed by atoms with van der Waals surface area (Å²) in [5.41, 5.74) is 0.113. The van der Waals surface area contributed by atoms with E-state index in [1.807, 2.05) is 0 Å². The van der Waals surface area contributed by atoms with Gasteiger partial charge in [-0.05, 0) is 6.92 Å². The Morgan fingerprint density at radius 3 is 2.70 bits per heavy atom. The third-order valence-corrected chi connectivity index (χ3v) is 0.992. The third-order valence-electron chi connectivity index (χ3n) is 0.992. The normalized spacial score (nSPS) is 27.1. The molecule has 10 heavy (non-hydrogen) atoms. The standard InChI is InChI=1S/C5H7NO3.Na.H/c1-3-6-4(2-7)5(8)9-3;;/h2-3,6-7H,1H3;;/q;+1;-1/b4-2+;;. The minimum Gasteiger partial charge on any atom is -1.00 e. The fourth-order valence-electron chi connectivity index (χ4n) is 0.621. The van der Waals surface area contributed by atoms with Crippen molar-refractivity contribution in [2.45, 2.75) is 13.2 Å². The molecule has 0 aromatic rings. The Balaban J connectivity index is 0. The van der Waals surface area contributed by atoms with E-state index in [0.717, 1.165) is 0 Å². The second-order valence-corrected chi connectivity index (χ2v) is 1.73. The van der Waals surface area contributed by atoms with Crippen LogP contribution in [0.2, 0.25) is 0 Å². The number of esters is 1. The molecule has 1 aliphatic rings. The van der Waals surface area contributed by atoms with Crippen molar-refractivity contribution < 1.29 is 45.6 Å². The number of aliphatic hydroxyl groups excluding tert-OH is 1. The number of cyclic esters (lactones) is 1. The number of carbonyl (C=O) groups excluding carboxylic acids is 1. The summed E-state index contributed by atoms with van der Waals surface area (Å²) in [5, 5.41) is 10.9. The molecule has 0 spiro atoms. The minimum atomic E-state index is -0.509. The molecule has 1 fully saturated rings. The molecule has 0 saturated carbocycles. The smallest absolute Gasteiger partial charge is 1.00 e. The first-order chi connectivity index (χ1) is 4.24. The van der Waals surface area contributed by atoms with Gasteiger partial charge < -0.3 is 16.6 Å². The van der Waals surface area contributed by atoms with Crippen LogP contribution in [0, 0.1) is 0 Å². The molecule has 0 aliphatic carbocycles. The Bertz CT molecular complexity index is 173. The van der Waals surface area contributed by atoms with Crippen LogP contribution in [0.15, 0.2) is 12.0 Å². The van der Waals surface area contributed by atoms with Crippen LogP contribution in [0.5, 0.6) is 0 Å². The van der Waals surface area contributed by atoms with Gasteiger partial charge >= 0.3 is 35.5 Å². The quantitative estimate of drug-likeness (QED) is 0.168. The second kappa shape index (κ2) is 3.85. The van der Waals surface area contributed by atoms with Gasteiger partial charge in [0.2, 0.25) is 0 Å². The zero-order valence-corrected chi connectivity index (χ0v) is 7.92. The molecular weight excluding hydrogens is 145 g/mol. The molecule has 0 aromatic heterocycles. The maximum absolute atomic E-state index is 10.5. The van der Waals surface area contributed by atoms with Gasteiger partial charge in [-0.25, -0.2) is 4.79 Å². The monoisotopic (exact) mass is 153 g/mol. The zero-order valence-electron chi connectivity index (χ0n) is 6.92. The molecule has 1 saturated heterocycles. The van der Waals surface area contributed by atoms with E-state index >= 15 is 0 Å². The Kier molecular flexibility index (Phi) is 3.78. The summed E-state index contributed by atoms with van der Waals surface area (Å²) in [6.07, 6.45) is 0.377. The average Bonchev–Trinajstić information content (AvgIpc) is 2.10. The third kappa shape index (κ3) is 1.90.